The van der Waals surface area contributed by atoms with Gasteiger partial charge in [-0.3, -0.25) is 4.79 Å². The number of aromatic nitrogens is 3. The molecule has 102 valence electrons. The van der Waals surface area contributed by atoms with Crippen LogP contribution in [0.2, 0.25) is 5.02 Å². The van der Waals surface area contributed by atoms with E-state index in [4.69, 9.17) is 11.6 Å². The first kappa shape index (κ1) is 13.6. The Morgan fingerprint density at radius 3 is 3.00 bits per heavy atom. The Hall–Kier alpha value is -1.82. The average molecular weight is 282 g/mol. The minimum atomic E-state index is -0.0782. The molecule has 7 heteroatoms. The fraction of sp³-hybridized carbons (Fsp3) is 0.417. The zero-order chi connectivity index (χ0) is 13.8. The molecular formula is C12H16ClN5O. The Bertz CT molecular complexity index is 581. The van der Waals surface area contributed by atoms with Crippen molar-refractivity contribution in [1.29, 1.82) is 0 Å². The molecule has 0 bridgehead atoms. The molecule has 6 nitrogen and oxygen atoms in total. The summed E-state index contributed by atoms with van der Waals surface area (Å²) in [6.07, 6.45) is 1.66. The Morgan fingerprint density at radius 1 is 1.47 bits per heavy atom. The van der Waals surface area contributed by atoms with Crippen molar-refractivity contribution in [3.05, 3.63) is 23.4 Å². The molecule has 2 aromatic heterocycles. The van der Waals surface area contributed by atoms with Crippen molar-refractivity contribution in [2.45, 2.75) is 13.8 Å². The summed E-state index contributed by atoms with van der Waals surface area (Å²) in [4.78, 5) is 15.8. The molecule has 0 fully saturated rings. The lowest BCUT2D eigenvalue weighted by atomic mass is 10.2. The van der Waals surface area contributed by atoms with E-state index in [9.17, 15) is 4.79 Å². The number of nitrogens with zero attached hydrogens (tertiary/aromatic N) is 3. The van der Waals surface area contributed by atoms with Crippen LogP contribution in [0.5, 0.6) is 0 Å². The van der Waals surface area contributed by atoms with E-state index in [0.717, 1.165) is 0 Å². The predicted octanol–water partition coefficient (Wildman–Crippen LogP) is 1.57. The first-order chi connectivity index (χ1) is 9.04. The van der Waals surface area contributed by atoms with E-state index in [1.807, 2.05) is 13.8 Å². The number of rotatable bonds is 5. The van der Waals surface area contributed by atoms with Crippen LogP contribution in [-0.2, 0) is 4.79 Å². The molecule has 0 aliphatic carbocycles. The van der Waals surface area contributed by atoms with E-state index in [2.05, 4.69) is 20.7 Å². The molecule has 1 amide bonds. The molecule has 0 aromatic carbocycles. The van der Waals surface area contributed by atoms with Gasteiger partial charge in [-0.05, 0) is 18.1 Å². The highest BCUT2D eigenvalue weighted by molar-refractivity contribution is 6.30. The number of halogens is 1. The third-order valence-electron chi connectivity index (χ3n) is 2.41. The van der Waals surface area contributed by atoms with E-state index in [1.54, 1.807) is 22.8 Å². The van der Waals surface area contributed by atoms with E-state index in [-0.39, 0.29) is 12.5 Å². The molecule has 0 atom stereocenters. The van der Waals surface area contributed by atoms with Gasteiger partial charge in [0.05, 0.1) is 11.6 Å². The highest BCUT2D eigenvalue weighted by Gasteiger charge is 2.06. The lowest BCUT2D eigenvalue weighted by molar-refractivity contribution is -0.119. The monoisotopic (exact) mass is 281 g/mol. The molecule has 2 rings (SSSR count). The molecule has 0 aliphatic rings. The van der Waals surface area contributed by atoms with Crippen LogP contribution in [0.4, 0.5) is 5.95 Å². The molecule has 0 spiro atoms. The van der Waals surface area contributed by atoms with Crippen molar-refractivity contribution >= 4 is 29.1 Å². The van der Waals surface area contributed by atoms with Gasteiger partial charge in [0, 0.05) is 12.7 Å². The lowest BCUT2D eigenvalue weighted by Gasteiger charge is -2.07. The van der Waals surface area contributed by atoms with Gasteiger partial charge in [-0.15, -0.1) is 5.10 Å². The minimum Gasteiger partial charge on any atom is -0.354 e. The molecule has 2 aromatic rings. The largest absolute Gasteiger partial charge is 0.354 e. The summed E-state index contributed by atoms with van der Waals surface area (Å²) >= 11 is 5.85. The molecule has 19 heavy (non-hydrogen) atoms. The van der Waals surface area contributed by atoms with E-state index < -0.39 is 0 Å². The average Bonchev–Trinajstić information content (AvgIpc) is 2.75. The van der Waals surface area contributed by atoms with Gasteiger partial charge >= 0.3 is 0 Å². The molecule has 0 unspecified atom stereocenters. The molecule has 0 saturated carbocycles. The molecular weight excluding hydrogens is 266 g/mol. The van der Waals surface area contributed by atoms with Gasteiger partial charge in [-0.25, -0.2) is 4.52 Å². The molecule has 0 aliphatic heterocycles. The van der Waals surface area contributed by atoms with E-state index in [1.165, 1.54) is 0 Å². The molecule has 2 N–H and O–H groups in total. The van der Waals surface area contributed by atoms with Crippen LogP contribution >= 0.6 is 11.6 Å². The smallest absolute Gasteiger partial charge is 0.243 e. The van der Waals surface area contributed by atoms with Crippen LogP contribution in [-0.4, -0.2) is 33.6 Å². The zero-order valence-corrected chi connectivity index (χ0v) is 11.6. The Kier molecular flexibility index (Phi) is 4.21. The van der Waals surface area contributed by atoms with Crippen LogP contribution in [0.15, 0.2) is 18.3 Å². The quantitative estimate of drug-likeness (QED) is 0.873. The van der Waals surface area contributed by atoms with Gasteiger partial charge in [0.2, 0.25) is 11.9 Å². The van der Waals surface area contributed by atoms with Gasteiger partial charge < -0.3 is 10.6 Å². The second kappa shape index (κ2) is 5.88. The summed E-state index contributed by atoms with van der Waals surface area (Å²) in [7, 11) is 0. The Balaban J connectivity index is 1.92. The maximum absolute atomic E-state index is 11.5. The number of anilines is 1. The number of carbonyl (C=O) groups is 1. The zero-order valence-electron chi connectivity index (χ0n) is 10.9. The number of fused-ring (bicyclic) bond motifs is 1. The Labute approximate surface area is 116 Å². The SMILES string of the molecule is CC(C)CNC(=O)CNc1nc2ccc(Cl)cn2n1. The number of hydrogen-bond acceptors (Lipinski definition) is 4. The van der Waals surface area contributed by atoms with E-state index in [0.29, 0.717) is 29.1 Å². The first-order valence-corrected chi connectivity index (χ1v) is 6.45. The second-order valence-electron chi connectivity index (χ2n) is 4.64. The number of carbonyl (C=O) groups excluding carboxylic acids is 1. The van der Waals surface area contributed by atoms with Crippen molar-refractivity contribution < 1.29 is 4.79 Å². The van der Waals surface area contributed by atoms with Crippen molar-refractivity contribution in [3.63, 3.8) is 0 Å². The van der Waals surface area contributed by atoms with Crippen molar-refractivity contribution in [1.82, 2.24) is 19.9 Å². The summed E-state index contributed by atoms with van der Waals surface area (Å²) in [6.45, 7) is 4.90. The molecule has 0 saturated heterocycles. The van der Waals surface area contributed by atoms with Crippen LogP contribution in [0.1, 0.15) is 13.8 Å². The van der Waals surface area contributed by atoms with E-state index >= 15 is 0 Å². The minimum absolute atomic E-state index is 0.0782. The summed E-state index contributed by atoms with van der Waals surface area (Å²) in [5.74, 6) is 0.756. The molecule has 2 heterocycles. The van der Waals surface area contributed by atoms with Gasteiger partial charge in [-0.1, -0.05) is 25.4 Å². The topological polar surface area (TPSA) is 71.3 Å². The standard InChI is InChI=1S/C12H16ClN5O/c1-8(2)5-14-11(19)6-15-12-16-10-4-3-9(13)7-18(10)17-12/h3-4,7-8H,5-6H2,1-2H3,(H,14,19)(H,15,17). The predicted molar refractivity (Wildman–Crippen MR) is 74.3 cm³/mol. The highest BCUT2D eigenvalue weighted by atomic mass is 35.5. The van der Waals surface area contributed by atoms with Crippen LogP contribution in [0.25, 0.3) is 5.65 Å². The van der Waals surface area contributed by atoms with Gasteiger partial charge in [0.1, 0.15) is 0 Å². The van der Waals surface area contributed by atoms with Crippen LogP contribution < -0.4 is 10.6 Å². The highest BCUT2D eigenvalue weighted by Crippen LogP contribution is 2.11. The fourth-order valence-electron chi connectivity index (χ4n) is 1.47. The van der Waals surface area contributed by atoms with Crippen molar-refractivity contribution in [2.75, 3.05) is 18.4 Å². The first-order valence-electron chi connectivity index (χ1n) is 6.07. The molecule has 0 radical (unpaired) electrons. The third kappa shape index (κ3) is 3.82. The summed E-state index contributed by atoms with van der Waals surface area (Å²) in [6, 6.07) is 3.50. The third-order valence-corrected chi connectivity index (χ3v) is 2.63. The number of amides is 1. The van der Waals surface area contributed by atoms with Crippen molar-refractivity contribution in [3.8, 4) is 0 Å². The normalized spacial score (nSPS) is 10.9. The fourth-order valence-corrected chi connectivity index (χ4v) is 1.63. The van der Waals surface area contributed by atoms with Gasteiger partial charge in [-0.2, -0.15) is 4.98 Å². The van der Waals surface area contributed by atoms with Gasteiger partial charge in [0.25, 0.3) is 0 Å². The Morgan fingerprint density at radius 2 is 2.26 bits per heavy atom. The van der Waals surface area contributed by atoms with Gasteiger partial charge in [0.15, 0.2) is 5.65 Å². The number of pyridine rings is 1. The maximum Gasteiger partial charge on any atom is 0.243 e. The van der Waals surface area contributed by atoms with Crippen LogP contribution in [0, 0.1) is 5.92 Å². The number of hydrogen-bond donors (Lipinski definition) is 2. The number of nitrogens with one attached hydrogen (secondary N) is 2. The maximum atomic E-state index is 11.5. The summed E-state index contributed by atoms with van der Waals surface area (Å²) in [5, 5.41) is 10.4. The van der Waals surface area contributed by atoms with Crippen LogP contribution in [0.3, 0.4) is 0 Å². The van der Waals surface area contributed by atoms with Crippen molar-refractivity contribution in [2.24, 2.45) is 5.92 Å². The summed E-state index contributed by atoms with van der Waals surface area (Å²) in [5.41, 5.74) is 0.675. The lowest BCUT2D eigenvalue weighted by Crippen LogP contribution is -2.32. The summed E-state index contributed by atoms with van der Waals surface area (Å²) < 4.78 is 1.57. The second-order valence-corrected chi connectivity index (χ2v) is 5.07.